The molecule has 0 aliphatic rings. The SMILES string of the molecule is [C-]#[N+]c1ccc(NC(=O)[C@](Cc2ccccc2)(CS(=O)(=O)c2ccc(F)cc2)NS(C)(=O)=O)cc1C. The number of hydrogen-bond acceptors (Lipinski definition) is 5. The number of sulfonamides is 1. The molecule has 0 aliphatic carbocycles. The predicted molar refractivity (Wildman–Crippen MR) is 135 cm³/mol. The van der Waals surface area contributed by atoms with Crippen molar-refractivity contribution >= 4 is 37.1 Å². The molecule has 0 radical (unpaired) electrons. The van der Waals surface area contributed by atoms with E-state index in [1.54, 1.807) is 37.3 Å². The predicted octanol–water partition coefficient (Wildman–Crippen LogP) is 3.63. The summed E-state index contributed by atoms with van der Waals surface area (Å²) in [4.78, 5) is 16.8. The molecule has 0 fully saturated rings. The average Bonchev–Trinajstić information content (AvgIpc) is 2.78. The summed E-state index contributed by atoms with van der Waals surface area (Å²) in [5, 5.41) is 2.61. The van der Waals surface area contributed by atoms with Crippen molar-refractivity contribution in [1.29, 1.82) is 0 Å². The molecule has 0 aromatic heterocycles. The van der Waals surface area contributed by atoms with Gasteiger partial charge in [0, 0.05) is 12.1 Å². The lowest BCUT2D eigenvalue weighted by Crippen LogP contribution is -2.61. The molecule has 1 amide bonds. The third kappa shape index (κ3) is 6.75. The number of nitrogens with zero attached hydrogens (tertiary/aromatic N) is 1. The van der Waals surface area contributed by atoms with Gasteiger partial charge >= 0.3 is 0 Å². The van der Waals surface area contributed by atoms with Gasteiger partial charge in [0.1, 0.15) is 11.4 Å². The van der Waals surface area contributed by atoms with Crippen LogP contribution in [-0.2, 0) is 31.1 Å². The smallest absolute Gasteiger partial charge is 0.247 e. The number of hydrogen-bond donors (Lipinski definition) is 2. The zero-order valence-corrected chi connectivity index (χ0v) is 21.2. The summed E-state index contributed by atoms with van der Waals surface area (Å²) in [5.74, 6) is -2.48. The minimum Gasteiger partial charge on any atom is -0.325 e. The van der Waals surface area contributed by atoms with E-state index in [-0.39, 0.29) is 17.0 Å². The molecule has 0 saturated carbocycles. The first-order chi connectivity index (χ1) is 16.8. The van der Waals surface area contributed by atoms with Crippen molar-refractivity contribution in [2.75, 3.05) is 17.3 Å². The van der Waals surface area contributed by atoms with Crippen LogP contribution in [0.4, 0.5) is 15.8 Å². The summed E-state index contributed by atoms with van der Waals surface area (Å²) < 4.78 is 67.3. The van der Waals surface area contributed by atoms with Crippen LogP contribution in [0.5, 0.6) is 0 Å². The second-order valence-corrected chi connectivity index (χ2v) is 12.1. The number of amides is 1. The summed E-state index contributed by atoms with van der Waals surface area (Å²) in [5.41, 5.74) is -0.438. The molecule has 2 N–H and O–H groups in total. The molecule has 0 unspecified atom stereocenters. The number of sulfone groups is 1. The van der Waals surface area contributed by atoms with Crippen molar-refractivity contribution in [3.63, 3.8) is 0 Å². The van der Waals surface area contributed by atoms with Crippen LogP contribution in [0.3, 0.4) is 0 Å². The Hall–Kier alpha value is -3.59. The first-order valence-corrected chi connectivity index (χ1v) is 14.2. The normalized spacial score (nSPS) is 13.4. The molecule has 11 heteroatoms. The molecular weight excluding hydrogens is 505 g/mol. The van der Waals surface area contributed by atoms with Crippen LogP contribution in [0.25, 0.3) is 4.85 Å². The average molecular weight is 530 g/mol. The van der Waals surface area contributed by atoms with Gasteiger partial charge in [0.25, 0.3) is 0 Å². The van der Waals surface area contributed by atoms with Crippen molar-refractivity contribution in [3.05, 3.63) is 101 Å². The van der Waals surface area contributed by atoms with Crippen LogP contribution >= 0.6 is 0 Å². The molecule has 0 spiro atoms. The number of halogens is 1. The Morgan fingerprint density at radius 1 is 1.00 bits per heavy atom. The lowest BCUT2D eigenvalue weighted by molar-refractivity contribution is -0.121. The van der Waals surface area contributed by atoms with Gasteiger partial charge in [-0.15, -0.1) is 0 Å². The second-order valence-electron chi connectivity index (χ2n) is 8.40. The number of aryl methyl sites for hydroxylation is 1. The van der Waals surface area contributed by atoms with Crippen molar-refractivity contribution in [3.8, 4) is 0 Å². The first kappa shape index (κ1) is 27.0. The summed E-state index contributed by atoms with van der Waals surface area (Å²) in [6, 6.07) is 16.9. The van der Waals surface area contributed by atoms with Gasteiger partial charge in [-0.3, -0.25) is 4.79 Å². The maximum absolute atomic E-state index is 13.7. The zero-order chi connectivity index (χ0) is 26.6. The molecule has 0 heterocycles. The number of carbonyl (C=O) groups is 1. The van der Waals surface area contributed by atoms with Gasteiger partial charge in [0.2, 0.25) is 15.9 Å². The van der Waals surface area contributed by atoms with Gasteiger partial charge in [-0.2, -0.15) is 4.72 Å². The molecule has 1 atom stereocenters. The maximum atomic E-state index is 13.7. The van der Waals surface area contributed by atoms with E-state index >= 15 is 0 Å². The molecular formula is C25H24FN3O5S2. The number of nitrogens with one attached hydrogen (secondary N) is 2. The Kier molecular flexibility index (Phi) is 7.93. The van der Waals surface area contributed by atoms with E-state index in [9.17, 15) is 26.0 Å². The van der Waals surface area contributed by atoms with Gasteiger partial charge in [-0.1, -0.05) is 36.4 Å². The number of benzene rings is 3. The van der Waals surface area contributed by atoms with E-state index in [1.165, 1.54) is 18.2 Å². The Labute approximate surface area is 210 Å². The fourth-order valence-electron chi connectivity index (χ4n) is 3.77. The van der Waals surface area contributed by atoms with Crippen molar-refractivity contribution in [2.24, 2.45) is 0 Å². The maximum Gasteiger partial charge on any atom is 0.247 e. The van der Waals surface area contributed by atoms with Gasteiger partial charge in [-0.25, -0.2) is 26.1 Å². The van der Waals surface area contributed by atoms with Crippen molar-refractivity contribution in [1.82, 2.24) is 4.72 Å². The monoisotopic (exact) mass is 529 g/mol. The van der Waals surface area contributed by atoms with Crippen molar-refractivity contribution < 1.29 is 26.0 Å². The first-order valence-electron chi connectivity index (χ1n) is 10.6. The summed E-state index contributed by atoms with van der Waals surface area (Å²) in [6.45, 7) is 8.86. The Balaban J connectivity index is 2.13. The van der Waals surface area contributed by atoms with Crippen LogP contribution in [0.2, 0.25) is 0 Å². The van der Waals surface area contributed by atoms with Gasteiger partial charge in [0.05, 0.1) is 23.5 Å². The molecule has 8 nitrogen and oxygen atoms in total. The van der Waals surface area contributed by atoms with Crippen LogP contribution in [0.15, 0.2) is 77.7 Å². The Morgan fingerprint density at radius 2 is 1.64 bits per heavy atom. The summed E-state index contributed by atoms with van der Waals surface area (Å²) in [6.07, 6.45) is 0.547. The van der Waals surface area contributed by atoms with E-state index in [4.69, 9.17) is 6.57 Å². The number of rotatable bonds is 9. The molecule has 188 valence electrons. The Bertz CT molecular complexity index is 1520. The molecule has 36 heavy (non-hydrogen) atoms. The lowest BCUT2D eigenvalue weighted by Gasteiger charge is -2.32. The quantitative estimate of drug-likeness (QED) is 0.325. The summed E-state index contributed by atoms with van der Waals surface area (Å²) in [7, 11) is -8.37. The minimum absolute atomic E-state index is 0.261. The zero-order valence-electron chi connectivity index (χ0n) is 19.5. The topological polar surface area (TPSA) is 114 Å². The lowest BCUT2D eigenvalue weighted by atomic mass is 9.92. The third-order valence-electron chi connectivity index (χ3n) is 5.35. The van der Waals surface area contributed by atoms with E-state index in [0.717, 1.165) is 30.5 Å². The van der Waals surface area contributed by atoms with Crippen molar-refractivity contribution in [2.45, 2.75) is 23.8 Å². The second kappa shape index (κ2) is 10.6. The van der Waals surface area contributed by atoms with E-state index in [2.05, 4.69) is 14.9 Å². The van der Waals surface area contributed by atoms with E-state index in [0.29, 0.717) is 16.8 Å². The molecule has 3 aromatic rings. The van der Waals surface area contributed by atoms with Gasteiger partial charge in [0.15, 0.2) is 15.5 Å². The number of anilines is 1. The highest BCUT2D eigenvalue weighted by molar-refractivity contribution is 7.91. The molecule has 0 bridgehead atoms. The molecule has 3 aromatic carbocycles. The Morgan fingerprint density at radius 3 is 2.19 bits per heavy atom. The highest BCUT2D eigenvalue weighted by Crippen LogP contribution is 2.26. The minimum atomic E-state index is -4.28. The van der Waals surface area contributed by atoms with E-state index < -0.39 is 42.9 Å². The van der Waals surface area contributed by atoms with Crippen LogP contribution in [-0.4, -0.2) is 40.3 Å². The molecule has 3 rings (SSSR count). The molecule has 0 saturated heterocycles. The third-order valence-corrected chi connectivity index (χ3v) is 7.97. The fourth-order valence-corrected chi connectivity index (χ4v) is 6.48. The fraction of sp³-hybridized carbons (Fsp3) is 0.200. The van der Waals surface area contributed by atoms with Crippen LogP contribution in [0.1, 0.15) is 11.1 Å². The van der Waals surface area contributed by atoms with Crippen LogP contribution in [0, 0.1) is 19.3 Å². The number of carbonyl (C=O) groups excluding carboxylic acids is 1. The molecule has 0 aliphatic heterocycles. The standard InChI is InChI=1S/C25H24FN3O5S2/c1-18-15-21(11-14-23(18)27-2)28-24(30)25(29-35(3,31)32,16-19-7-5-4-6-8-19)17-36(33,34)22-12-9-20(26)10-13-22/h4-15,29H,16-17H2,1,3H3,(H,28,30)/t25-/m0/s1. The highest BCUT2D eigenvalue weighted by Gasteiger charge is 2.45. The highest BCUT2D eigenvalue weighted by atomic mass is 32.2. The van der Waals surface area contributed by atoms with Gasteiger partial charge < -0.3 is 5.32 Å². The van der Waals surface area contributed by atoms with Crippen LogP contribution < -0.4 is 10.0 Å². The van der Waals surface area contributed by atoms with Gasteiger partial charge in [-0.05, 0) is 54.4 Å². The van der Waals surface area contributed by atoms with E-state index in [1.807, 2.05) is 0 Å². The largest absolute Gasteiger partial charge is 0.325 e. The summed E-state index contributed by atoms with van der Waals surface area (Å²) >= 11 is 0.